The second-order valence-corrected chi connectivity index (χ2v) is 5.08. The molecule has 126 valence electrons. The lowest BCUT2D eigenvalue weighted by atomic mass is 10.1. The minimum atomic E-state index is -4.48. The summed E-state index contributed by atoms with van der Waals surface area (Å²) >= 11 is 0. The summed E-state index contributed by atoms with van der Waals surface area (Å²) in [6.07, 6.45) is 5.02. The first-order valence-corrected chi connectivity index (χ1v) is 7.13. The molecule has 3 aromatic rings. The lowest BCUT2D eigenvalue weighted by Gasteiger charge is -2.07. The summed E-state index contributed by atoms with van der Waals surface area (Å²) in [7, 11) is 0. The molecule has 1 amide bonds. The van der Waals surface area contributed by atoms with Gasteiger partial charge in [-0.05, 0) is 12.1 Å². The van der Waals surface area contributed by atoms with Gasteiger partial charge in [-0.15, -0.1) is 6.42 Å². The van der Waals surface area contributed by atoms with Crippen molar-refractivity contribution in [3.8, 4) is 23.6 Å². The van der Waals surface area contributed by atoms with E-state index in [1.807, 2.05) is 0 Å². The second-order valence-electron chi connectivity index (χ2n) is 5.08. The molecule has 0 unspecified atom stereocenters. The van der Waals surface area contributed by atoms with E-state index < -0.39 is 17.6 Å². The van der Waals surface area contributed by atoms with Crippen LogP contribution in [0, 0.1) is 12.3 Å². The number of terminal acetylenes is 1. The van der Waals surface area contributed by atoms with Crippen LogP contribution < -0.4 is 5.32 Å². The number of imidazole rings is 1. The molecule has 1 aromatic carbocycles. The first-order chi connectivity index (χ1) is 11.9. The number of hydrogen-bond donors (Lipinski definition) is 1. The lowest BCUT2D eigenvalue weighted by Crippen LogP contribution is -2.25. The van der Waals surface area contributed by atoms with Crippen LogP contribution in [-0.2, 0) is 6.18 Å². The van der Waals surface area contributed by atoms with Gasteiger partial charge in [0.05, 0.1) is 29.5 Å². The number of halogens is 3. The van der Waals surface area contributed by atoms with Gasteiger partial charge in [0.2, 0.25) is 5.82 Å². The number of nitrogens with zero attached hydrogens (tertiary/aromatic N) is 3. The monoisotopic (exact) mass is 344 g/mol. The summed E-state index contributed by atoms with van der Waals surface area (Å²) < 4.78 is 40.3. The molecule has 0 fully saturated rings. The van der Waals surface area contributed by atoms with Gasteiger partial charge in [-0.2, -0.15) is 13.2 Å². The fourth-order valence-corrected chi connectivity index (χ4v) is 2.36. The van der Waals surface area contributed by atoms with E-state index >= 15 is 0 Å². The Balaban J connectivity index is 2.15. The number of amides is 1. The number of carbonyl (C=O) groups excluding carboxylic acids is 1. The highest BCUT2D eigenvalue weighted by Crippen LogP contribution is 2.33. The van der Waals surface area contributed by atoms with Crippen LogP contribution in [0.5, 0.6) is 0 Å². The van der Waals surface area contributed by atoms with E-state index in [1.165, 1.54) is 35.1 Å². The molecular weight excluding hydrogens is 333 g/mol. The number of alkyl halides is 3. The van der Waals surface area contributed by atoms with Gasteiger partial charge in [0.15, 0.2) is 0 Å². The van der Waals surface area contributed by atoms with Crippen LogP contribution in [0.2, 0.25) is 0 Å². The van der Waals surface area contributed by atoms with Crippen molar-refractivity contribution in [2.24, 2.45) is 0 Å². The van der Waals surface area contributed by atoms with E-state index in [9.17, 15) is 18.0 Å². The van der Waals surface area contributed by atoms with E-state index in [0.717, 1.165) is 12.1 Å². The Kier molecular flexibility index (Phi) is 4.15. The predicted octanol–water partition coefficient (Wildman–Crippen LogP) is 2.78. The van der Waals surface area contributed by atoms with Crippen LogP contribution >= 0.6 is 0 Å². The van der Waals surface area contributed by atoms with Crippen LogP contribution in [0.1, 0.15) is 16.2 Å². The molecule has 2 aromatic heterocycles. The van der Waals surface area contributed by atoms with Gasteiger partial charge in [-0.25, -0.2) is 4.98 Å². The largest absolute Gasteiger partial charge is 0.416 e. The number of nitrogens with one attached hydrogen (secondary N) is 1. The SMILES string of the molecule is C#CCNC(=O)c1nc(-c2cccc(C(F)(F)F)c2)c2cnccn12. The van der Waals surface area contributed by atoms with Gasteiger partial charge in [0.1, 0.15) is 0 Å². The molecule has 0 atom stereocenters. The zero-order chi connectivity index (χ0) is 18.0. The third kappa shape index (κ3) is 3.17. The molecule has 8 heteroatoms. The second kappa shape index (κ2) is 6.28. The average molecular weight is 344 g/mol. The van der Waals surface area contributed by atoms with Gasteiger partial charge < -0.3 is 5.32 Å². The molecule has 2 heterocycles. The number of aromatic nitrogens is 3. The summed E-state index contributed by atoms with van der Waals surface area (Å²) in [5.41, 5.74) is 0.0717. The van der Waals surface area contributed by atoms with E-state index in [1.54, 1.807) is 0 Å². The van der Waals surface area contributed by atoms with Crippen LogP contribution in [0.15, 0.2) is 42.9 Å². The van der Waals surface area contributed by atoms with Gasteiger partial charge in [0, 0.05) is 18.0 Å². The third-order valence-corrected chi connectivity index (χ3v) is 3.46. The highest BCUT2D eigenvalue weighted by molar-refractivity contribution is 5.94. The van der Waals surface area contributed by atoms with Crippen LogP contribution in [-0.4, -0.2) is 26.8 Å². The molecule has 3 rings (SSSR count). The summed E-state index contributed by atoms with van der Waals surface area (Å²) in [5.74, 6) is 1.76. The quantitative estimate of drug-likeness (QED) is 0.744. The molecule has 25 heavy (non-hydrogen) atoms. The van der Waals surface area contributed by atoms with Crippen molar-refractivity contribution in [1.29, 1.82) is 0 Å². The highest BCUT2D eigenvalue weighted by Gasteiger charge is 2.31. The van der Waals surface area contributed by atoms with E-state index in [4.69, 9.17) is 6.42 Å². The van der Waals surface area contributed by atoms with Crippen molar-refractivity contribution in [3.63, 3.8) is 0 Å². The molecule has 0 aliphatic carbocycles. The molecule has 5 nitrogen and oxygen atoms in total. The van der Waals surface area contributed by atoms with Crippen molar-refractivity contribution in [1.82, 2.24) is 19.7 Å². The van der Waals surface area contributed by atoms with Gasteiger partial charge in [0.25, 0.3) is 5.91 Å². The van der Waals surface area contributed by atoms with Crippen LogP contribution in [0.25, 0.3) is 16.8 Å². The molecule has 0 bridgehead atoms. The Morgan fingerprint density at radius 1 is 1.36 bits per heavy atom. The number of rotatable bonds is 3. The number of fused-ring (bicyclic) bond motifs is 1. The molecule has 0 aliphatic heterocycles. The highest BCUT2D eigenvalue weighted by atomic mass is 19.4. The molecule has 0 aliphatic rings. The number of carbonyl (C=O) groups is 1. The molecule has 0 saturated carbocycles. The maximum Gasteiger partial charge on any atom is 0.416 e. The Bertz CT molecular complexity index is 985. The molecular formula is C17H11F3N4O. The maximum absolute atomic E-state index is 12.9. The van der Waals surface area contributed by atoms with Gasteiger partial charge in [-0.1, -0.05) is 18.1 Å². The Hall–Kier alpha value is -3.34. The number of benzene rings is 1. The van der Waals surface area contributed by atoms with Crippen LogP contribution in [0.3, 0.4) is 0 Å². The molecule has 1 N–H and O–H groups in total. The van der Waals surface area contributed by atoms with E-state index in [2.05, 4.69) is 21.2 Å². The topological polar surface area (TPSA) is 59.3 Å². The first-order valence-electron chi connectivity index (χ1n) is 7.13. The zero-order valence-corrected chi connectivity index (χ0v) is 12.7. The van der Waals surface area contributed by atoms with E-state index in [0.29, 0.717) is 5.52 Å². The standard InChI is InChI=1S/C17H11F3N4O/c1-2-6-22-16(25)15-23-14(13-10-21-7-8-24(13)15)11-4-3-5-12(9-11)17(18,19)20/h1,3-5,7-10H,6H2,(H,22,25). The summed E-state index contributed by atoms with van der Waals surface area (Å²) in [4.78, 5) is 20.4. The van der Waals surface area contributed by atoms with Crippen molar-refractivity contribution in [3.05, 3.63) is 54.2 Å². The van der Waals surface area contributed by atoms with Crippen molar-refractivity contribution in [2.75, 3.05) is 6.54 Å². The average Bonchev–Trinajstić information content (AvgIpc) is 2.99. The Morgan fingerprint density at radius 2 is 2.16 bits per heavy atom. The van der Waals surface area contributed by atoms with Crippen molar-refractivity contribution in [2.45, 2.75) is 6.18 Å². The smallest absolute Gasteiger partial charge is 0.338 e. The van der Waals surface area contributed by atoms with Gasteiger partial charge >= 0.3 is 6.18 Å². The molecule has 0 saturated heterocycles. The Morgan fingerprint density at radius 3 is 2.88 bits per heavy atom. The fraction of sp³-hybridized carbons (Fsp3) is 0.118. The lowest BCUT2D eigenvalue weighted by molar-refractivity contribution is -0.137. The third-order valence-electron chi connectivity index (χ3n) is 3.46. The van der Waals surface area contributed by atoms with Crippen molar-refractivity contribution >= 4 is 11.4 Å². The summed E-state index contributed by atoms with van der Waals surface area (Å²) in [5, 5.41) is 2.48. The van der Waals surface area contributed by atoms with Crippen molar-refractivity contribution < 1.29 is 18.0 Å². The minimum Gasteiger partial charge on any atom is -0.338 e. The predicted molar refractivity (Wildman–Crippen MR) is 84.6 cm³/mol. The van der Waals surface area contributed by atoms with E-state index in [-0.39, 0.29) is 23.6 Å². The zero-order valence-electron chi connectivity index (χ0n) is 12.7. The minimum absolute atomic E-state index is 0.0116. The summed E-state index contributed by atoms with van der Waals surface area (Å²) in [6.45, 7) is 0.0116. The number of hydrogen-bond acceptors (Lipinski definition) is 3. The van der Waals surface area contributed by atoms with Crippen LogP contribution in [0.4, 0.5) is 13.2 Å². The fourth-order valence-electron chi connectivity index (χ4n) is 2.36. The summed E-state index contributed by atoms with van der Waals surface area (Å²) in [6, 6.07) is 4.74. The Labute approximate surface area is 140 Å². The molecule has 0 spiro atoms. The molecule has 0 radical (unpaired) electrons. The first kappa shape index (κ1) is 16.5. The normalized spacial score (nSPS) is 11.3. The maximum atomic E-state index is 12.9. The van der Waals surface area contributed by atoms with Gasteiger partial charge in [-0.3, -0.25) is 14.2 Å².